The highest BCUT2D eigenvalue weighted by Crippen LogP contribution is 2.33. The number of rotatable bonds is 6. The van der Waals surface area contributed by atoms with Crippen molar-refractivity contribution < 1.29 is 14.3 Å². The molecular weight excluding hydrogens is 404 g/mol. The van der Waals surface area contributed by atoms with E-state index in [2.05, 4.69) is 6.07 Å². The van der Waals surface area contributed by atoms with Crippen molar-refractivity contribution >= 4 is 50.1 Å². The lowest BCUT2D eigenvalue weighted by Gasteiger charge is -2.23. The molecule has 0 saturated carbocycles. The van der Waals surface area contributed by atoms with Crippen LogP contribution in [-0.2, 0) is 4.74 Å². The van der Waals surface area contributed by atoms with Gasteiger partial charge >= 0.3 is 0 Å². The molecule has 0 N–H and O–H groups in total. The average molecular weight is 427 g/mol. The topological polar surface area (TPSA) is 59.5 Å². The number of Topliss-reactive ketones (excluding diaryl/α,β-unsaturated/α-hetero) is 1. The maximum atomic E-state index is 13.4. The summed E-state index contributed by atoms with van der Waals surface area (Å²) in [7, 11) is 0. The second-order valence-corrected chi connectivity index (χ2v) is 8.90. The number of ether oxygens (including phenoxy) is 1. The second kappa shape index (κ2) is 8.65. The minimum Gasteiger partial charge on any atom is -0.376 e. The van der Waals surface area contributed by atoms with Gasteiger partial charge < -0.3 is 4.74 Å². The molecule has 3 aromatic rings. The molecule has 0 radical (unpaired) electrons. The smallest absolute Gasteiger partial charge is 0.260 e. The number of amides is 1. The molecule has 1 atom stereocenters. The third kappa shape index (κ3) is 4.37. The molecule has 1 aromatic heterocycles. The molecule has 1 fully saturated rings. The van der Waals surface area contributed by atoms with Gasteiger partial charge in [-0.25, -0.2) is 4.98 Å². The maximum absolute atomic E-state index is 13.4. The first kappa shape index (κ1) is 20.1. The Balaban J connectivity index is 1.68. The van der Waals surface area contributed by atoms with E-state index in [1.165, 1.54) is 23.2 Å². The van der Waals surface area contributed by atoms with Crippen LogP contribution in [0.3, 0.4) is 0 Å². The van der Waals surface area contributed by atoms with Gasteiger partial charge in [-0.05, 0) is 56.4 Å². The third-order valence-corrected chi connectivity index (χ3v) is 6.78. The van der Waals surface area contributed by atoms with Crippen molar-refractivity contribution in [2.45, 2.75) is 30.8 Å². The van der Waals surface area contributed by atoms with Crippen molar-refractivity contribution in [2.75, 3.05) is 24.3 Å². The van der Waals surface area contributed by atoms with Crippen LogP contribution in [0, 0.1) is 0 Å². The number of hydrogen-bond acceptors (Lipinski definition) is 6. The predicted molar refractivity (Wildman–Crippen MR) is 118 cm³/mol. The van der Waals surface area contributed by atoms with Gasteiger partial charge in [-0.1, -0.05) is 23.5 Å². The normalized spacial score (nSPS) is 16.3. The van der Waals surface area contributed by atoms with Crippen LogP contribution >= 0.6 is 23.1 Å². The van der Waals surface area contributed by atoms with E-state index in [9.17, 15) is 9.59 Å². The summed E-state index contributed by atoms with van der Waals surface area (Å²) in [5.41, 5.74) is 2.02. The molecule has 29 heavy (non-hydrogen) atoms. The van der Waals surface area contributed by atoms with Crippen molar-refractivity contribution in [1.29, 1.82) is 0 Å². The first-order valence-corrected chi connectivity index (χ1v) is 11.6. The van der Waals surface area contributed by atoms with Gasteiger partial charge in [0.1, 0.15) is 0 Å². The Hall–Kier alpha value is -2.22. The van der Waals surface area contributed by atoms with E-state index in [1.807, 2.05) is 18.4 Å². The Kier molecular flexibility index (Phi) is 5.99. The summed E-state index contributed by atoms with van der Waals surface area (Å²) in [6.45, 7) is 2.73. The lowest BCUT2D eigenvalue weighted by molar-refractivity contribution is 0.0916. The highest BCUT2D eigenvalue weighted by atomic mass is 32.2. The molecule has 2 aromatic carbocycles. The van der Waals surface area contributed by atoms with Crippen LogP contribution in [0.4, 0.5) is 5.13 Å². The van der Waals surface area contributed by atoms with E-state index in [0.29, 0.717) is 22.8 Å². The molecular formula is C22H22N2O3S2. The molecule has 1 saturated heterocycles. The van der Waals surface area contributed by atoms with E-state index < -0.39 is 0 Å². The highest BCUT2D eigenvalue weighted by Gasteiger charge is 2.27. The molecule has 0 aliphatic carbocycles. The predicted octanol–water partition coefficient (Wildman–Crippen LogP) is 5.05. The van der Waals surface area contributed by atoms with Gasteiger partial charge in [-0.15, -0.1) is 11.8 Å². The molecule has 7 heteroatoms. The van der Waals surface area contributed by atoms with Gasteiger partial charge in [0.25, 0.3) is 5.91 Å². The Labute approximate surface area is 178 Å². The number of carbonyl (C=O) groups excluding carboxylic acids is 2. The minimum absolute atomic E-state index is 0.0176. The highest BCUT2D eigenvalue weighted by molar-refractivity contribution is 7.98. The molecule has 2 heterocycles. The van der Waals surface area contributed by atoms with E-state index in [0.717, 1.165) is 29.7 Å². The van der Waals surface area contributed by atoms with Crippen LogP contribution < -0.4 is 4.90 Å². The Morgan fingerprint density at radius 3 is 2.62 bits per heavy atom. The number of carbonyl (C=O) groups is 2. The zero-order valence-corrected chi connectivity index (χ0v) is 18.0. The number of thioether (sulfide) groups is 1. The van der Waals surface area contributed by atoms with Crippen LogP contribution in [0.1, 0.15) is 40.5 Å². The van der Waals surface area contributed by atoms with E-state index in [-0.39, 0.29) is 17.8 Å². The number of ketones is 1. The number of thiazole rings is 1. The Morgan fingerprint density at radius 2 is 1.97 bits per heavy atom. The molecule has 1 aliphatic heterocycles. The van der Waals surface area contributed by atoms with Crippen LogP contribution in [0.25, 0.3) is 10.2 Å². The fourth-order valence-electron chi connectivity index (χ4n) is 3.38. The van der Waals surface area contributed by atoms with Gasteiger partial charge in [0.05, 0.1) is 22.9 Å². The SMILES string of the molecule is CSc1ccc2nc(N(CC3CCCO3)C(=O)c3ccc(C(C)=O)cc3)sc2c1. The Morgan fingerprint density at radius 1 is 1.21 bits per heavy atom. The minimum atomic E-state index is -0.125. The zero-order chi connectivity index (χ0) is 20.4. The van der Waals surface area contributed by atoms with Crippen LogP contribution in [0.15, 0.2) is 47.4 Å². The molecule has 150 valence electrons. The number of hydrogen-bond donors (Lipinski definition) is 0. The van der Waals surface area contributed by atoms with Crippen LogP contribution in [0.2, 0.25) is 0 Å². The van der Waals surface area contributed by atoms with Gasteiger partial charge in [0, 0.05) is 22.6 Å². The van der Waals surface area contributed by atoms with Crippen molar-refractivity contribution in [3.63, 3.8) is 0 Å². The van der Waals surface area contributed by atoms with Gasteiger partial charge in [0.2, 0.25) is 0 Å². The van der Waals surface area contributed by atoms with Crippen LogP contribution in [-0.4, -0.2) is 42.2 Å². The summed E-state index contributed by atoms with van der Waals surface area (Å²) in [5, 5.41) is 0.675. The molecule has 1 amide bonds. The number of benzene rings is 2. The molecule has 1 unspecified atom stereocenters. The summed E-state index contributed by atoms with van der Waals surface area (Å²) >= 11 is 3.21. The standard InChI is InChI=1S/C22H22N2O3S2/c1-14(25)15-5-7-16(8-6-15)21(26)24(13-17-4-3-11-27-17)22-23-19-10-9-18(28-2)12-20(19)29-22/h5-10,12,17H,3-4,11,13H2,1-2H3. The van der Waals surface area contributed by atoms with E-state index in [4.69, 9.17) is 9.72 Å². The number of nitrogens with zero attached hydrogens (tertiary/aromatic N) is 2. The summed E-state index contributed by atoms with van der Waals surface area (Å²) < 4.78 is 6.85. The fraction of sp³-hybridized carbons (Fsp3) is 0.318. The summed E-state index contributed by atoms with van der Waals surface area (Å²) in [5.74, 6) is -0.143. The first-order valence-electron chi connectivity index (χ1n) is 9.54. The van der Waals surface area contributed by atoms with Crippen molar-refractivity contribution in [1.82, 2.24) is 4.98 Å². The number of anilines is 1. The number of aromatic nitrogens is 1. The quantitative estimate of drug-likeness (QED) is 0.408. The van der Waals surface area contributed by atoms with Crippen molar-refractivity contribution in [2.24, 2.45) is 0 Å². The molecule has 4 rings (SSSR count). The fourth-order valence-corrected chi connectivity index (χ4v) is 4.91. The van der Waals surface area contributed by atoms with Gasteiger partial charge in [-0.3, -0.25) is 14.5 Å². The van der Waals surface area contributed by atoms with E-state index >= 15 is 0 Å². The van der Waals surface area contributed by atoms with Gasteiger partial charge in [-0.2, -0.15) is 0 Å². The lowest BCUT2D eigenvalue weighted by Crippen LogP contribution is -2.37. The maximum Gasteiger partial charge on any atom is 0.260 e. The summed E-state index contributed by atoms with van der Waals surface area (Å²) in [6, 6.07) is 13.0. The van der Waals surface area contributed by atoms with Crippen molar-refractivity contribution in [3.05, 3.63) is 53.6 Å². The molecule has 1 aliphatic rings. The monoisotopic (exact) mass is 426 g/mol. The first-order chi connectivity index (χ1) is 14.0. The summed E-state index contributed by atoms with van der Waals surface area (Å²) in [4.78, 5) is 32.5. The van der Waals surface area contributed by atoms with E-state index in [1.54, 1.807) is 40.9 Å². The largest absolute Gasteiger partial charge is 0.376 e. The third-order valence-electron chi connectivity index (χ3n) is 5.01. The Bertz CT molecular complexity index is 1040. The zero-order valence-electron chi connectivity index (χ0n) is 16.4. The lowest BCUT2D eigenvalue weighted by atomic mass is 10.1. The molecule has 5 nitrogen and oxygen atoms in total. The number of fused-ring (bicyclic) bond motifs is 1. The molecule has 0 spiro atoms. The molecule has 0 bridgehead atoms. The summed E-state index contributed by atoms with van der Waals surface area (Å²) in [6.07, 6.45) is 4.01. The van der Waals surface area contributed by atoms with Crippen molar-refractivity contribution in [3.8, 4) is 0 Å². The average Bonchev–Trinajstić information content (AvgIpc) is 3.40. The van der Waals surface area contributed by atoms with Gasteiger partial charge in [0.15, 0.2) is 10.9 Å². The van der Waals surface area contributed by atoms with Crippen LogP contribution in [0.5, 0.6) is 0 Å². The second-order valence-electron chi connectivity index (χ2n) is 7.01.